The van der Waals surface area contributed by atoms with Gasteiger partial charge in [0.25, 0.3) is 0 Å². The van der Waals surface area contributed by atoms with Gasteiger partial charge in [0.1, 0.15) is 30.2 Å². The van der Waals surface area contributed by atoms with E-state index < -0.39 is 103 Å². The van der Waals surface area contributed by atoms with E-state index in [9.17, 15) is 63.6 Å². The minimum atomic E-state index is -1.45. The van der Waals surface area contributed by atoms with E-state index in [-0.39, 0.29) is 59.2 Å². The number of rotatable bonds is 15. The molecule has 0 aliphatic heterocycles. The number of carbonyl (C=O) groups excluding carboxylic acids is 4. The second-order valence-corrected chi connectivity index (χ2v) is 8.97. The number of aliphatic carboxylic acids is 8. The van der Waals surface area contributed by atoms with E-state index in [0.717, 1.165) is 5.56 Å². The topological polar surface area (TPSA) is 503 Å². The summed E-state index contributed by atoms with van der Waals surface area (Å²) >= 11 is 0. The maximum absolute atomic E-state index is 10.7. The maximum atomic E-state index is 10.7. The van der Waals surface area contributed by atoms with Gasteiger partial charge in [0.05, 0.1) is 6.42 Å². The van der Waals surface area contributed by atoms with Crippen molar-refractivity contribution >= 4 is 91.4 Å². The molecule has 50 heavy (non-hydrogen) atoms. The first-order valence-corrected chi connectivity index (χ1v) is 12.8. The Labute approximate surface area is 314 Å². The molecule has 1 aromatic rings. The zero-order chi connectivity index (χ0) is 39.6. The molecular formula is C25H38CaN6O18. The molecule has 0 saturated carbocycles. The number of nitrogens with two attached hydrogens (primary N) is 6. The molecule has 0 fully saturated rings. The number of carboxylic acid groups (broad SMARTS) is 8. The third-order valence-electron chi connectivity index (χ3n) is 4.55. The summed E-state index contributed by atoms with van der Waals surface area (Å²) in [6, 6.07) is -0.163. The minimum absolute atomic E-state index is 0. The van der Waals surface area contributed by atoms with Crippen molar-refractivity contribution in [2.45, 2.75) is 62.3 Å². The van der Waals surface area contributed by atoms with Gasteiger partial charge in [-0.3, -0.25) is 28.8 Å². The first-order valence-electron chi connectivity index (χ1n) is 12.8. The van der Waals surface area contributed by atoms with Gasteiger partial charge >= 0.3 is 70.4 Å². The fourth-order valence-corrected chi connectivity index (χ4v) is 2.07. The summed E-state index contributed by atoms with van der Waals surface area (Å²) in [7, 11) is 0. The van der Waals surface area contributed by atoms with Gasteiger partial charge < -0.3 is 94.7 Å². The van der Waals surface area contributed by atoms with Gasteiger partial charge in [0, 0.05) is 37.2 Å². The summed E-state index contributed by atoms with van der Waals surface area (Å²) in [5, 5.41) is 80.3. The van der Waals surface area contributed by atoms with E-state index in [1.807, 2.05) is 0 Å². The van der Waals surface area contributed by atoms with Crippen LogP contribution in [0, 0.1) is 0 Å². The first-order chi connectivity index (χ1) is 22.2. The summed E-state index contributed by atoms with van der Waals surface area (Å²) in [5.41, 5.74) is 30.0. The van der Waals surface area contributed by atoms with E-state index in [2.05, 4.69) is 5.73 Å². The summed E-state index contributed by atoms with van der Waals surface area (Å²) in [5.74, 6) is -11.4. The number of hydrogen-bond acceptors (Lipinski definition) is 18. The fourth-order valence-electron chi connectivity index (χ4n) is 2.07. The summed E-state index contributed by atoms with van der Waals surface area (Å²) in [6.07, 6.45) is -2.00. The van der Waals surface area contributed by atoms with Crippen molar-refractivity contribution in [2.75, 3.05) is 0 Å². The minimum Gasteiger partial charge on any atom is -0.872 e. The average Bonchev–Trinajstić information content (AvgIpc) is 2.94. The Morgan fingerprint density at radius 1 is 0.520 bits per heavy atom. The van der Waals surface area contributed by atoms with E-state index >= 15 is 0 Å². The van der Waals surface area contributed by atoms with Crippen molar-refractivity contribution in [3.05, 3.63) is 29.8 Å². The van der Waals surface area contributed by atoms with Crippen LogP contribution in [0.3, 0.4) is 0 Å². The Bertz CT molecular complexity index is 1150. The molecule has 17 N–H and O–H groups in total. The number of amides is 1. The predicted molar refractivity (Wildman–Crippen MR) is 158 cm³/mol. The van der Waals surface area contributed by atoms with Crippen LogP contribution < -0.4 is 54.8 Å². The van der Waals surface area contributed by atoms with Gasteiger partial charge in [-0.15, -0.1) is 5.75 Å². The van der Waals surface area contributed by atoms with Crippen LogP contribution >= 0.6 is 0 Å². The van der Waals surface area contributed by atoms with Crippen LogP contribution in [-0.2, 0) is 49.6 Å². The zero-order valence-corrected chi connectivity index (χ0v) is 28.2. The van der Waals surface area contributed by atoms with Gasteiger partial charge in [0.2, 0.25) is 5.91 Å². The molecule has 0 aliphatic carbocycles. The molecule has 0 saturated heterocycles. The Hall–Kier alpha value is -4.69. The van der Waals surface area contributed by atoms with Crippen LogP contribution in [-0.4, -0.2) is 147 Å². The smallest absolute Gasteiger partial charge is 0.872 e. The molecule has 0 spiro atoms. The van der Waals surface area contributed by atoms with Crippen LogP contribution in [0.5, 0.6) is 5.75 Å². The van der Waals surface area contributed by atoms with E-state index in [4.69, 9.17) is 54.2 Å². The number of carboxylic acids is 8. The number of benzene rings is 1. The Kier molecular flexibility index (Phi) is 33.3. The third kappa shape index (κ3) is 37.8. The number of primary amides is 1. The van der Waals surface area contributed by atoms with Crippen LogP contribution in [0.1, 0.15) is 34.1 Å². The summed E-state index contributed by atoms with van der Waals surface area (Å²) in [6.45, 7) is 0. The second-order valence-electron chi connectivity index (χ2n) is 8.97. The molecule has 0 aromatic heterocycles. The molecule has 1 amide bonds. The third-order valence-corrected chi connectivity index (χ3v) is 4.55. The van der Waals surface area contributed by atoms with Crippen LogP contribution in [0.25, 0.3) is 0 Å². The van der Waals surface area contributed by atoms with E-state index in [0.29, 0.717) is 0 Å². The normalized spacial score (nSPS) is 12.3. The monoisotopic (exact) mass is 750 g/mol. The van der Waals surface area contributed by atoms with Gasteiger partial charge in [-0.05, 0) is 12.0 Å². The molecule has 5 atom stereocenters. The molecule has 0 radical (unpaired) electrons. The molecule has 0 bridgehead atoms. The Morgan fingerprint density at radius 2 is 0.760 bits per heavy atom. The molecule has 278 valence electrons. The first kappa shape index (κ1) is 54.7. The van der Waals surface area contributed by atoms with Crippen molar-refractivity contribution in [2.24, 2.45) is 34.4 Å². The molecule has 1 aromatic carbocycles. The quantitative estimate of drug-likeness (QED) is 0.0741. The SMILES string of the molecule is NC(=O)C[C@H](N)C(=O)O.N[C@@H](CC(=O)[O-])C(=O)O.N[C@@H](CC(=O)[O-])C(=O)O.N[C@@H](CC(=O)[O-])C(=O)O.N[C@@H](Cc1ccc([O-])cc1)C(=O)O.[Ca+2].[H+].[H+]. The number of carbonyl (C=O) groups is 9. The fraction of sp³-hybridized carbons (Fsp3) is 0.400. The predicted octanol–water partition coefficient (Wildman–Crippen LogP) is -9.55. The molecule has 0 heterocycles. The van der Waals surface area contributed by atoms with E-state index in [1.165, 1.54) is 12.1 Å². The molecular weight excluding hydrogens is 712 g/mol. The molecule has 1 rings (SSSR count). The standard InChI is InChI=1S/C9H11NO3.C4H8N2O3.3C4H7NO4.Ca/c10-8(9(12)13)5-6-1-3-7(11)4-2-6;4*5-2(4(8)9)1-3(6)7;/h1-4,8,11H,5,10H2,(H,12,13);2H,1,5H2,(H2,6,7)(H,8,9);3*2H,1,5H2,(H,6,7)(H,8,9);/q;;;;;+2/p-2/t8-;4*2-;/m00000./s1. The van der Waals surface area contributed by atoms with E-state index in [1.54, 1.807) is 12.1 Å². The Morgan fingerprint density at radius 3 is 0.920 bits per heavy atom. The summed E-state index contributed by atoms with van der Waals surface area (Å²) in [4.78, 5) is 88.7. The molecule has 24 nitrogen and oxygen atoms in total. The maximum Gasteiger partial charge on any atom is 2.00 e. The van der Waals surface area contributed by atoms with Gasteiger partial charge in [-0.2, -0.15) is 0 Å². The van der Waals surface area contributed by atoms with Gasteiger partial charge in [0.15, 0.2) is 0 Å². The van der Waals surface area contributed by atoms with Crippen LogP contribution in [0.4, 0.5) is 0 Å². The largest absolute Gasteiger partial charge is 2.00 e. The van der Waals surface area contributed by atoms with Crippen molar-refractivity contribution in [1.29, 1.82) is 0 Å². The summed E-state index contributed by atoms with van der Waals surface area (Å²) < 4.78 is 0. The van der Waals surface area contributed by atoms with Crippen molar-refractivity contribution in [3.63, 3.8) is 0 Å². The van der Waals surface area contributed by atoms with Crippen LogP contribution in [0.15, 0.2) is 24.3 Å². The van der Waals surface area contributed by atoms with Crippen molar-refractivity contribution in [3.8, 4) is 5.75 Å². The average molecular weight is 751 g/mol. The molecule has 0 unspecified atom stereocenters. The zero-order valence-electron chi connectivity index (χ0n) is 27.9. The second kappa shape index (κ2) is 30.4. The van der Waals surface area contributed by atoms with Crippen LogP contribution in [0.2, 0.25) is 0 Å². The Balaban J connectivity index is -0.0000000970. The van der Waals surface area contributed by atoms with Gasteiger partial charge in [-0.25, -0.2) is 0 Å². The van der Waals surface area contributed by atoms with Crippen molar-refractivity contribution in [1.82, 2.24) is 0 Å². The van der Waals surface area contributed by atoms with Gasteiger partial charge in [-0.1, -0.05) is 24.3 Å². The molecule has 0 aliphatic rings. The van der Waals surface area contributed by atoms with Crippen molar-refractivity contribution < 1.29 is 92.0 Å². The molecule has 25 heteroatoms. The number of hydrogen-bond donors (Lipinski definition) is 11.